The molecule has 1 aliphatic rings. The highest BCUT2D eigenvalue weighted by atomic mass is 35.7. The van der Waals surface area contributed by atoms with Crippen molar-refractivity contribution in [3.05, 3.63) is 23.8 Å². The van der Waals surface area contributed by atoms with Crippen LogP contribution in [-0.2, 0) is 11.3 Å². The molecule has 1 aromatic carbocycles. The number of unbranched alkanes of at least 4 members (excludes halogenated alkanes) is 1. The third-order valence-electron chi connectivity index (χ3n) is 3.12. The lowest BCUT2D eigenvalue weighted by Crippen LogP contribution is -2.39. The van der Waals surface area contributed by atoms with Crippen molar-refractivity contribution < 1.29 is 9.47 Å². The van der Waals surface area contributed by atoms with Crippen LogP contribution in [0.25, 0.3) is 0 Å². The van der Waals surface area contributed by atoms with Gasteiger partial charge in [0.15, 0.2) is 0 Å². The van der Waals surface area contributed by atoms with E-state index < -0.39 is 13.2 Å². The first-order valence-electron chi connectivity index (χ1n) is 6.18. The lowest BCUT2D eigenvalue weighted by atomic mass is 10.1. The second-order valence-electron chi connectivity index (χ2n) is 4.71. The largest absolute Gasteiger partial charge is 0.462 e. The molecule has 1 atom stereocenters. The highest BCUT2D eigenvalue weighted by Crippen LogP contribution is 2.33. The van der Waals surface area contributed by atoms with Gasteiger partial charge in [0, 0.05) is 18.9 Å². The van der Waals surface area contributed by atoms with Gasteiger partial charge in [0.1, 0.15) is 5.75 Å². The summed E-state index contributed by atoms with van der Waals surface area (Å²) in [6.45, 7) is 4.72. The molecule has 0 bridgehead atoms. The fourth-order valence-electron chi connectivity index (χ4n) is 2.02. The molecule has 5 heteroatoms. The van der Waals surface area contributed by atoms with E-state index in [4.69, 9.17) is 31.6 Å². The summed E-state index contributed by atoms with van der Waals surface area (Å²) in [7, 11) is -1.45. The standard InChI is InChI=1S/C13H17Cl2O2Si/c1-3-4-7-13(2)16-9-10-8-11(18(14)15)5-6-12(10)17-13/h5-6,8H,3-4,7,9H2,1-2H3. The van der Waals surface area contributed by atoms with E-state index in [0.29, 0.717) is 6.61 Å². The number of ether oxygens (including phenoxy) is 2. The summed E-state index contributed by atoms with van der Waals surface area (Å²) in [6, 6.07) is 5.88. The average Bonchev–Trinajstić information content (AvgIpc) is 2.35. The van der Waals surface area contributed by atoms with Crippen molar-refractivity contribution in [3.8, 4) is 5.75 Å². The number of rotatable bonds is 4. The van der Waals surface area contributed by atoms with Crippen molar-refractivity contribution in [3.63, 3.8) is 0 Å². The first-order chi connectivity index (χ1) is 8.54. The van der Waals surface area contributed by atoms with Crippen molar-refractivity contribution in [2.24, 2.45) is 0 Å². The SMILES string of the molecule is CCCCC1(C)OCc2cc([Si](Cl)Cl)ccc2O1. The van der Waals surface area contributed by atoms with Crippen molar-refractivity contribution in [2.75, 3.05) is 0 Å². The van der Waals surface area contributed by atoms with Gasteiger partial charge in [-0.2, -0.15) is 0 Å². The Morgan fingerprint density at radius 1 is 1.39 bits per heavy atom. The normalized spacial score (nSPS) is 22.7. The summed E-state index contributed by atoms with van der Waals surface area (Å²) in [5.74, 6) is 0.389. The molecule has 0 aliphatic carbocycles. The minimum atomic E-state index is -1.45. The van der Waals surface area contributed by atoms with Gasteiger partial charge in [-0.05, 0) is 17.7 Å². The van der Waals surface area contributed by atoms with E-state index >= 15 is 0 Å². The van der Waals surface area contributed by atoms with Crippen molar-refractivity contribution in [1.82, 2.24) is 0 Å². The molecule has 0 saturated heterocycles. The predicted molar refractivity (Wildman–Crippen MR) is 76.9 cm³/mol. The van der Waals surface area contributed by atoms with Crippen molar-refractivity contribution in [2.45, 2.75) is 45.5 Å². The minimum Gasteiger partial charge on any atom is -0.462 e. The summed E-state index contributed by atoms with van der Waals surface area (Å²) < 4.78 is 11.8. The van der Waals surface area contributed by atoms with Gasteiger partial charge in [-0.25, -0.2) is 0 Å². The van der Waals surface area contributed by atoms with E-state index in [1.165, 1.54) is 0 Å². The number of hydrogen-bond acceptors (Lipinski definition) is 2. The molecule has 2 rings (SSSR count). The predicted octanol–water partition coefficient (Wildman–Crippen LogP) is 3.67. The van der Waals surface area contributed by atoms with Crippen LogP contribution in [0.3, 0.4) is 0 Å². The molecule has 18 heavy (non-hydrogen) atoms. The van der Waals surface area contributed by atoms with Gasteiger partial charge in [0.2, 0.25) is 5.79 Å². The minimum absolute atomic E-state index is 0.500. The monoisotopic (exact) mass is 303 g/mol. The maximum Gasteiger partial charge on any atom is 0.307 e. The molecule has 0 amide bonds. The molecule has 0 N–H and O–H groups in total. The van der Waals surface area contributed by atoms with E-state index in [0.717, 1.165) is 35.8 Å². The Labute approximate surface area is 119 Å². The van der Waals surface area contributed by atoms with E-state index in [2.05, 4.69) is 6.92 Å². The molecule has 0 aromatic heterocycles. The maximum atomic E-state index is 5.96. The first-order valence-corrected chi connectivity index (χ1v) is 9.70. The molecule has 1 radical (unpaired) electrons. The lowest BCUT2D eigenvalue weighted by Gasteiger charge is -2.36. The van der Waals surface area contributed by atoms with E-state index in [-0.39, 0.29) is 0 Å². The molecule has 0 fully saturated rings. The van der Waals surface area contributed by atoms with Gasteiger partial charge in [-0.3, -0.25) is 0 Å². The Balaban J connectivity index is 2.15. The zero-order valence-corrected chi connectivity index (χ0v) is 13.1. The Morgan fingerprint density at radius 2 is 2.17 bits per heavy atom. The smallest absolute Gasteiger partial charge is 0.307 e. The molecule has 1 heterocycles. The van der Waals surface area contributed by atoms with Crippen LogP contribution in [0.5, 0.6) is 5.75 Å². The quantitative estimate of drug-likeness (QED) is 0.624. The van der Waals surface area contributed by atoms with Crippen LogP contribution in [0.1, 0.15) is 38.7 Å². The number of benzene rings is 1. The lowest BCUT2D eigenvalue weighted by molar-refractivity contribution is -0.197. The zero-order chi connectivity index (χ0) is 13.2. The van der Waals surface area contributed by atoms with Gasteiger partial charge in [-0.15, -0.1) is 22.2 Å². The fraction of sp³-hybridized carbons (Fsp3) is 0.538. The summed E-state index contributed by atoms with van der Waals surface area (Å²) >= 11 is 11.9. The molecule has 99 valence electrons. The molecule has 0 saturated carbocycles. The van der Waals surface area contributed by atoms with Gasteiger partial charge in [0.25, 0.3) is 0 Å². The van der Waals surface area contributed by atoms with Crippen molar-refractivity contribution >= 4 is 34.8 Å². The van der Waals surface area contributed by atoms with Gasteiger partial charge in [0.05, 0.1) is 6.61 Å². The highest BCUT2D eigenvalue weighted by molar-refractivity contribution is 7.39. The average molecular weight is 304 g/mol. The summed E-state index contributed by atoms with van der Waals surface area (Å²) in [4.78, 5) is 0. The molecule has 1 aromatic rings. The van der Waals surface area contributed by atoms with Gasteiger partial charge in [-0.1, -0.05) is 25.5 Å². The molecule has 1 aliphatic heterocycles. The van der Waals surface area contributed by atoms with Crippen molar-refractivity contribution in [1.29, 1.82) is 0 Å². The van der Waals surface area contributed by atoms with Crippen LogP contribution < -0.4 is 9.92 Å². The number of fused-ring (bicyclic) bond motifs is 1. The highest BCUT2D eigenvalue weighted by Gasteiger charge is 2.32. The summed E-state index contributed by atoms with van der Waals surface area (Å²) in [5.41, 5.74) is 1.03. The van der Waals surface area contributed by atoms with Crippen LogP contribution in [-0.4, -0.2) is 13.2 Å². The van der Waals surface area contributed by atoms with Crippen LogP contribution in [0.2, 0.25) is 0 Å². The van der Waals surface area contributed by atoms with Crippen LogP contribution in [0.4, 0.5) is 0 Å². The second kappa shape index (κ2) is 5.82. The maximum absolute atomic E-state index is 5.96. The Bertz CT molecular complexity index is 425. The molecule has 1 unspecified atom stereocenters. The van der Waals surface area contributed by atoms with Gasteiger partial charge >= 0.3 is 7.42 Å². The Morgan fingerprint density at radius 3 is 2.83 bits per heavy atom. The van der Waals surface area contributed by atoms with Gasteiger partial charge < -0.3 is 9.47 Å². The number of hydrogen-bond donors (Lipinski definition) is 0. The van der Waals surface area contributed by atoms with Crippen LogP contribution >= 0.6 is 22.2 Å². The summed E-state index contributed by atoms with van der Waals surface area (Å²) in [5, 5.41) is 0.978. The van der Waals surface area contributed by atoms with Crippen LogP contribution in [0, 0.1) is 0 Å². The topological polar surface area (TPSA) is 18.5 Å². The third kappa shape index (κ3) is 3.21. The van der Waals surface area contributed by atoms with Crippen LogP contribution in [0.15, 0.2) is 18.2 Å². The molecule has 2 nitrogen and oxygen atoms in total. The summed E-state index contributed by atoms with van der Waals surface area (Å²) in [6.07, 6.45) is 3.14. The zero-order valence-electron chi connectivity index (χ0n) is 10.6. The van der Waals surface area contributed by atoms with E-state index in [1.807, 2.05) is 25.1 Å². The number of halogens is 2. The Hall–Kier alpha value is -0.223. The third-order valence-corrected chi connectivity index (χ3v) is 5.18. The van der Waals surface area contributed by atoms with E-state index in [1.54, 1.807) is 0 Å². The fourth-order valence-corrected chi connectivity index (χ4v) is 3.22. The van der Waals surface area contributed by atoms with E-state index in [9.17, 15) is 0 Å². The first kappa shape index (κ1) is 14.2. The second-order valence-corrected chi connectivity index (χ2v) is 8.66. The molecular formula is C13H17Cl2O2Si. The molecular weight excluding hydrogens is 287 g/mol. The molecule has 0 spiro atoms. The Kier molecular flexibility index (Phi) is 4.59.